The third-order valence-electron chi connectivity index (χ3n) is 2.33. The van der Waals surface area contributed by atoms with Crippen LogP contribution in [-0.4, -0.2) is 21.4 Å². The maximum atomic E-state index is 11.1. The third-order valence-corrected chi connectivity index (χ3v) is 3.18. The Hall–Kier alpha value is -2.08. The second kappa shape index (κ2) is 5.50. The van der Waals surface area contributed by atoms with Gasteiger partial charge < -0.3 is 14.5 Å². The molecule has 0 atom stereocenters. The highest BCUT2D eigenvalue weighted by atomic mass is 32.1. The van der Waals surface area contributed by atoms with E-state index in [4.69, 9.17) is 9.94 Å². The normalized spacial score (nSPS) is 11.5. The number of carboxylic acids is 1. The van der Waals surface area contributed by atoms with Crippen molar-refractivity contribution in [3.05, 3.63) is 46.4 Å². The van der Waals surface area contributed by atoms with Gasteiger partial charge in [0.2, 0.25) is 5.71 Å². The molecule has 0 spiro atoms. The summed E-state index contributed by atoms with van der Waals surface area (Å²) in [4.78, 5) is 17.2. The molecule has 0 unspecified atom stereocenters. The second-order valence-corrected chi connectivity index (χ2v) is 4.63. The van der Waals surface area contributed by atoms with E-state index in [9.17, 15) is 4.79 Å². The highest BCUT2D eigenvalue weighted by Crippen LogP contribution is 2.10. The quantitative estimate of drug-likeness (QED) is 0.664. The zero-order valence-corrected chi connectivity index (χ0v) is 10.6. The first kappa shape index (κ1) is 12.4. The van der Waals surface area contributed by atoms with Crippen LogP contribution in [-0.2, 0) is 23.3 Å². The second-order valence-electron chi connectivity index (χ2n) is 3.60. The fourth-order valence-electron chi connectivity index (χ4n) is 1.46. The van der Waals surface area contributed by atoms with Crippen molar-refractivity contribution in [3.8, 4) is 0 Å². The van der Waals surface area contributed by atoms with Crippen molar-refractivity contribution in [2.75, 3.05) is 0 Å². The van der Waals surface area contributed by atoms with Crippen LogP contribution in [0.25, 0.3) is 0 Å². The summed E-state index contributed by atoms with van der Waals surface area (Å²) in [5, 5.41) is 14.7. The van der Waals surface area contributed by atoms with E-state index in [1.165, 1.54) is 11.3 Å². The van der Waals surface area contributed by atoms with Gasteiger partial charge in [0.25, 0.3) is 0 Å². The molecular weight excluding hydrogens is 252 g/mol. The first-order valence-electron chi connectivity index (χ1n) is 5.26. The molecule has 1 N–H and O–H groups in total. The summed E-state index contributed by atoms with van der Waals surface area (Å²) in [6.07, 6.45) is 1.76. The van der Waals surface area contributed by atoms with Gasteiger partial charge in [0.05, 0.1) is 5.69 Å². The van der Waals surface area contributed by atoms with Gasteiger partial charge >= 0.3 is 5.97 Å². The molecule has 6 heteroatoms. The Kier molecular flexibility index (Phi) is 3.78. The average molecular weight is 264 g/mol. The summed E-state index contributed by atoms with van der Waals surface area (Å²) in [5.74, 6) is -1.11. The minimum absolute atomic E-state index is 0.0981. The van der Waals surface area contributed by atoms with E-state index in [-0.39, 0.29) is 12.3 Å². The van der Waals surface area contributed by atoms with Gasteiger partial charge in [-0.1, -0.05) is 11.2 Å². The molecule has 18 heavy (non-hydrogen) atoms. The summed E-state index contributed by atoms with van der Waals surface area (Å²) in [6, 6.07) is 7.25. The molecule has 0 amide bonds. The topological polar surface area (TPSA) is 63.8 Å². The van der Waals surface area contributed by atoms with E-state index in [1.54, 1.807) is 29.9 Å². The number of carboxylic acid groups (broad SMARTS) is 1. The summed E-state index contributed by atoms with van der Waals surface area (Å²) in [6.45, 7) is 0.277. The average Bonchev–Trinajstić information content (AvgIpc) is 2.96. The molecule has 0 aliphatic rings. The van der Waals surface area contributed by atoms with Crippen molar-refractivity contribution < 1.29 is 14.7 Å². The van der Waals surface area contributed by atoms with Crippen molar-refractivity contribution in [1.82, 2.24) is 4.57 Å². The number of hydrogen-bond donors (Lipinski definition) is 1. The van der Waals surface area contributed by atoms with Gasteiger partial charge in [0, 0.05) is 18.1 Å². The Balaban J connectivity index is 2.11. The van der Waals surface area contributed by atoms with Gasteiger partial charge in [-0.25, -0.2) is 4.79 Å². The van der Waals surface area contributed by atoms with Gasteiger partial charge in [-0.3, -0.25) is 0 Å². The van der Waals surface area contributed by atoms with Crippen molar-refractivity contribution in [3.63, 3.8) is 0 Å². The van der Waals surface area contributed by atoms with Crippen LogP contribution in [0.1, 0.15) is 10.6 Å². The molecule has 2 aromatic rings. The monoisotopic (exact) mass is 264 g/mol. The summed E-state index contributed by atoms with van der Waals surface area (Å²) < 4.78 is 1.68. The lowest BCUT2D eigenvalue weighted by Gasteiger charge is -2.03. The van der Waals surface area contributed by atoms with Crippen molar-refractivity contribution in [2.24, 2.45) is 12.2 Å². The van der Waals surface area contributed by atoms with E-state index in [0.29, 0.717) is 5.69 Å². The number of carbonyl (C=O) groups is 1. The van der Waals surface area contributed by atoms with Crippen molar-refractivity contribution in [1.29, 1.82) is 0 Å². The van der Waals surface area contributed by atoms with Gasteiger partial charge in [-0.2, -0.15) is 0 Å². The maximum absolute atomic E-state index is 11.1. The number of aromatic nitrogens is 1. The summed E-state index contributed by atoms with van der Waals surface area (Å²) >= 11 is 1.54. The third kappa shape index (κ3) is 2.78. The van der Waals surface area contributed by atoms with Crippen LogP contribution in [0.2, 0.25) is 0 Å². The van der Waals surface area contributed by atoms with Crippen LogP contribution in [0.5, 0.6) is 0 Å². The molecule has 0 radical (unpaired) electrons. The first-order chi connectivity index (χ1) is 8.68. The van der Waals surface area contributed by atoms with Gasteiger partial charge in [0.15, 0.2) is 6.61 Å². The molecule has 0 bridgehead atoms. The number of aliphatic carboxylic acids is 1. The molecule has 0 fully saturated rings. The zero-order chi connectivity index (χ0) is 13.0. The summed E-state index contributed by atoms with van der Waals surface area (Å²) in [5.41, 5.74) is 0.410. The molecule has 5 nitrogen and oxygen atoms in total. The molecule has 0 aromatic carbocycles. The minimum Gasteiger partial charge on any atom is -0.476 e. The van der Waals surface area contributed by atoms with E-state index in [0.717, 1.165) is 4.88 Å². The number of oxime groups is 1. The lowest BCUT2D eigenvalue weighted by atomic mass is 10.3. The predicted octanol–water partition coefficient (Wildman–Crippen LogP) is 2.09. The number of thiophene rings is 1. The lowest BCUT2D eigenvalue weighted by Crippen LogP contribution is -2.18. The Morgan fingerprint density at radius 2 is 2.33 bits per heavy atom. The van der Waals surface area contributed by atoms with E-state index in [2.05, 4.69) is 5.16 Å². The number of hydrogen-bond acceptors (Lipinski definition) is 4. The lowest BCUT2D eigenvalue weighted by molar-refractivity contribution is -0.129. The largest absolute Gasteiger partial charge is 0.476 e. The fraction of sp³-hybridized carbons (Fsp3) is 0.167. The predicted molar refractivity (Wildman–Crippen MR) is 68.7 cm³/mol. The van der Waals surface area contributed by atoms with Crippen LogP contribution < -0.4 is 0 Å². The van der Waals surface area contributed by atoms with E-state index in [1.807, 2.05) is 17.5 Å². The van der Waals surface area contributed by atoms with Gasteiger partial charge in [-0.05, 0) is 23.6 Å². The van der Waals surface area contributed by atoms with Crippen LogP contribution in [0.4, 0.5) is 0 Å². The van der Waals surface area contributed by atoms with E-state index >= 15 is 0 Å². The van der Waals surface area contributed by atoms with Crippen molar-refractivity contribution in [2.45, 2.75) is 6.61 Å². The number of nitrogens with zero attached hydrogens (tertiary/aromatic N) is 2. The van der Waals surface area contributed by atoms with Crippen molar-refractivity contribution >= 4 is 23.0 Å². The molecule has 0 saturated carbocycles. The number of rotatable bonds is 5. The first-order valence-corrected chi connectivity index (χ1v) is 6.14. The van der Waals surface area contributed by atoms with Crippen LogP contribution >= 0.6 is 11.3 Å². The molecule has 0 aliphatic heterocycles. The highest BCUT2D eigenvalue weighted by Gasteiger charge is 2.16. The molecule has 2 heterocycles. The van der Waals surface area contributed by atoms with Crippen LogP contribution in [0.15, 0.2) is 41.0 Å². The summed E-state index contributed by atoms with van der Waals surface area (Å²) in [7, 11) is 1.76. The van der Waals surface area contributed by atoms with Crippen LogP contribution in [0, 0.1) is 0 Å². The molecule has 94 valence electrons. The Bertz CT molecular complexity index is 558. The maximum Gasteiger partial charge on any atom is 0.360 e. The standard InChI is InChI=1S/C12H12N2O3S/c1-14-6-2-5-10(14)11(12(15)16)13-17-8-9-4-3-7-18-9/h2-7H,8H2,1H3,(H,15,16)/b13-11-. The Morgan fingerprint density at radius 1 is 1.50 bits per heavy atom. The van der Waals surface area contributed by atoms with Gasteiger partial charge in [-0.15, -0.1) is 11.3 Å². The zero-order valence-electron chi connectivity index (χ0n) is 9.74. The Morgan fingerprint density at radius 3 is 2.89 bits per heavy atom. The molecule has 2 rings (SSSR count). The number of aryl methyl sites for hydroxylation is 1. The molecule has 0 saturated heterocycles. The molecule has 0 aliphatic carbocycles. The Labute approximate surface area is 108 Å². The van der Waals surface area contributed by atoms with Crippen LogP contribution in [0.3, 0.4) is 0 Å². The van der Waals surface area contributed by atoms with E-state index < -0.39 is 5.97 Å². The smallest absolute Gasteiger partial charge is 0.360 e. The minimum atomic E-state index is -1.11. The highest BCUT2D eigenvalue weighted by molar-refractivity contribution is 7.09. The molecular formula is C12H12N2O3S. The fourth-order valence-corrected chi connectivity index (χ4v) is 2.07. The molecule has 2 aromatic heterocycles. The van der Waals surface area contributed by atoms with Gasteiger partial charge in [0.1, 0.15) is 0 Å². The SMILES string of the molecule is Cn1cccc1/C(=N/OCc1cccs1)C(=O)O.